The quantitative estimate of drug-likeness (QED) is 0.572. The first kappa shape index (κ1) is 22.7. The van der Waals surface area contributed by atoms with Gasteiger partial charge in [-0.25, -0.2) is 18.9 Å². The molecule has 6 rings (SSSR count). The highest BCUT2D eigenvalue weighted by Crippen LogP contribution is 2.33. The van der Waals surface area contributed by atoms with Gasteiger partial charge in [0.25, 0.3) is 0 Å². The van der Waals surface area contributed by atoms with Crippen LogP contribution in [-0.4, -0.2) is 38.7 Å². The van der Waals surface area contributed by atoms with Gasteiger partial charge in [0.1, 0.15) is 11.6 Å². The zero-order valence-electron chi connectivity index (χ0n) is 20.1. The van der Waals surface area contributed by atoms with Crippen molar-refractivity contribution in [2.45, 2.75) is 38.5 Å². The Balaban J connectivity index is 1.24. The number of benzene rings is 2. The molecule has 0 bridgehead atoms. The molecule has 2 aliphatic carbocycles. The van der Waals surface area contributed by atoms with Gasteiger partial charge in [-0.2, -0.15) is 5.10 Å². The van der Waals surface area contributed by atoms with Crippen LogP contribution in [0.4, 0.5) is 4.39 Å². The van der Waals surface area contributed by atoms with Crippen LogP contribution in [0.15, 0.2) is 59.4 Å². The Morgan fingerprint density at radius 3 is 2.75 bits per heavy atom. The lowest BCUT2D eigenvalue weighted by Crippen LogP contribution is -2.30. The third-order valence-electron chi connectivity index (χ3n) is 7.51. The van der Waals surface area contributed by atoms with E-state index < -0.39 is 11.5 Å². The van der Waals surface area contributed by atoms with E-state index in [1.807, 2.05) is 23.1 Å². The Hall–Kier alpha value is -3.74. The molecule has 2 aromatic carbocycles. The molecule has 7 heteroatoms. The van der Waals surface area contributed by atoms with Crippen LogP contribution in [-0.2, 0) is 17.6 Å². The molecule has 36 heavy (non-hydrogen) atoms. The van der Waals surface area contributed by atoms with Crippen molar-refractivity contribution in [1.29, 1.82) is 0 Å². The highest BCUT2D eigenvalue weighted by atomic mass is 19.1. The third kappa shape index (κ3) is 4.45. The normalized spacial score (nSPS) is 19.2. The molecule has 3 aromatic rings. The highest BCUT2D eigenvalue weighted by molar-refractivity contribution is 5.81. The Labute approximate surface area is 209 Å². The standard InChI is InChI=1S/C29H29FN4O2/c30-25-17-24(23-10-7-20-5-3-1-2-4-6-22(20)16-23)11-12-26(25)34-27(31-32-29(34)36)15-19-13-14-33(18-19)28(35)21-8-9-21/h1-3,5,7,10-12,16-17,19,21H,4,6,8-9,13-15,18H2,(H,32,36). The van der Waals surface area contributed by atoms with Crippen LogP contribution >= 0.6 is 0 Å². The summed E-state index contributed by atoms with van der Waals surface area (Å²) in [5.74, 6) is 0.690. The summed E-state index contributed by atoms with van der Waals surface area (Å²) in [5.41, 5.74) is 3.86. The van der Waals surface area contributed by atoms with Gasteiger partial charge in [-0.1, -0.05) is 48.6 Å². The van der Waals surface area contributed by atoms with Gasteiger partial charge in [-0.05, 0) is 72.4 Å². The van der Waals surface area contributed by atoms with Crippen LogP contribution < -0.4 is 5.69 Å². The fraction of sp³-hybridized carbons (Fsp3) is 0.345. The number of hydrogen-bond donors (Lipinski definition) is 1. The van der Waals surface area contributed by atoms with Gasteiger partial charge in [0.15, 0.2) is 0 Å². The van der Waals surface area contributed by atoms with Gasteiger partial charge in [0.05, 0.1) is 5.69 Å². The second-order valence-electron chi connectivity index (χ2n) is 10.1. The Bertz CT molecular complexity index is 1430. The second kappa shape index (κ2) is 9.37. The van der Waals surface area contributed by atoms with E-state index in [0.29, 0.717) is 18.8 Å². The van der Waals surface area contributed by atoms with Crippen molar-refractivity contribution in [3.8, 4) is 16.8 Å². The predicted octanol–water partition coefficient (Wildman–Crippen LogP) is 4.68. The molecule has 1 N–H and O–H groups in total. The lowest BCUT2D eigenvalue weighted by molar-refractivity contribution is -0.131. The van der Waals surface area contributed by atoms with Crippen LogP contribution in [0.2, 0.25) is 0 Å². The third-order valence-corrected chi connectivity index (χ3v) is 7.51. The average molecular weight is 485 g/mol. The molecule has 1 unspecified atom stereocenters. The lowest BCUT2D eigenvalue weighted by Gasteiger charge is -2.16. The topological polar surface area (TPSA) is 71.0 Å². The van der Waals surface area contributed by atoms with Gasteiger partial charge in [0, 0.05) is 25.4 Å². The van der Waals surface area contributed by atoms with Gasteiger partial charge >= 0.3 is 5.69 Å². The Morgan fingerprint density at radius 2 is 1.92 bits per heavy atom. The number of carbonyl (C=O) groups is 1. The van der Waals surface area contributed by atoms with Gasteiger partial charge in [-0.15, -0.1) is 0 Å². The minimum atomic E-state index is -0.469. The van der Waals surface area contributed by atoms with Crippen LogP contribution in [0.5, 0.6) is 0 Å². The molecule has 2 heterocycles. The van der Waals surface area contributed by atoms with E-state index in [0.717, 1.165) is 49.8 Å². The number of aryl methyl sites for hydroxylation is 1. The summed E-state index contributed by atoms with van der Waals surface area (Å²) in [6.45, 7) is 1.41. The van der Waals surface area contributed by atoms with Crippen LogP contribution in [0.3, 0.4) is 0 Å². The van der Waals surface area contributed by atoms with Gasteiger partial charge < -0.3 is 4.90 Å². The van der Waals surface area contributed by atoms with Crippen molar-refractivity contribution in [2.24, 2.45) is 11.8 Å². The fourth-order valence-corrected chi connectivity index (χ4v) is 5.37. The van der Waals surface area contributed by atoms with Crippen LogP contribution in [0.1, 0.15) is 42.6 Å². The van der Waals surface area contributed by atoms with E-state index in [-0.39, 0.29) is 23.4 Å². The minimum Gasteiger partial charge on any atom is -0.342 e. The molecule has 1 aromatic heterocycles. The summed E-state index contributed by atoms with van der Waals surface area (Å²) < 4.78 is 16.8. The van der Waals surface area contributed by atoms with Gasteiger partial charge in [-0.3, -0.25) is 4.79 Å². The number of halogens is 1. The van der Waals surface area contributed by atoms with Crippen molar-refractivity contribution >= 4 is 12.0 Å². The molecular formula is C29H29FN4O2. The number of allylic oxidation sites excluding steroid dienone is 3. The Morgan fingerprint density at radius 1 is 1.08 bits per heavy atom. The van der Waals surface area contributed by atoms with Crippen LogP contribution in [0.25, 0.3) is 22.9 Å². The number of carbonyl (C=O) groups excluding carboxylic acids is 1. The first-order chi connectivity index (χ1) is 17.6. The molecule has 1 saturated heterocycles. The summed E-state index contributed by atoms with van der Waals surface area (Å²) in [6, 6.07) is 11.2. The maximum absolute atomic E-state index is 15.4. The molecule has 1 amide bonds. The first-order valence-electron chi connectivity index (χ1n) is 12.8. The smallest absolute Gasteiger partial charge is 0.342 e. The number of aromatic amines is 1. The Kier molecular flexibility index (Phi) is 5.91. The average Bonchev–Trinajstić information content (AvgIpc) is 3.51. The molecule has 0 spiro atoms. The zero-order valence-corrected chi connectivity index (χ0v) is 20.1. The number of nitrogens with one attached hydrogen (secondary N) is 1. The number of aromatic nitrogens is 3. The molecule has 0 radical (unpaired) electrons. The van der Waals surface area contributed by atoms with Crippen molar-refractivity contribution in [3.63, 3.8) is 0 Å². The number of likely N-dealkylation sites (tertiary alicyclic amines) is 1. The number of rotatable bonds is 5. The maximum Gasteiger partial charge on any atom is 0.348 e. The van der Waals surface area contributed by atoms with Crippen molar-refractivity contribution in [3.05, 3.63) is 87.9 Å². The molecule has 184 valence electrons. The maximum atomic E-state index is 15.4. The van der Waals surface area contributed by atoms with Crippen LogP contribution in [0, 0.1) is 17.7 Å². The minimum absolute atomic E-state index is 0.190. The summed E-state index contributed by atoms with van der Waals surface area (Å²) >= 11 is 0. The number of fused-ring (bicyclic) bond motifs is 1. The predicted molar refractivity (Wildman–Crippen MR) is 137 cm³/mol. The zero-order chi connectivity index (χ0) is 24.6. The molecule has 6 nitrogen and oxygen atoms in total. The van der Waals surface area contributed by atoms with E-state index in [9.17, 15) is 9.59 Å². The van der Waals surface area contributed by atoms with E-state index in [1.165, 1.54) is 21.8 Å². The number of hydrogen-bond acceptors (Lipinski definition) is 3. The lowest BCUT2D eigenvalue weighted by atomic mass is 9.95. The second-order valence-corrected chi connectivity index (χ2v) is 10.1. The molecule has 2 fully saturated rings. The van der Waals surface area contributed by atoms with Crippen molar-refractivity contribution in [1.82, 2.24) is 19.7 Å². The SMILES string of the molecule is O=C(C1CC1)N1CCC(Cc2n[nH]c(=O)n2-c2ccc(-c3ccc4c(c3)CCC=CC=C4)cc2F)C1. The van der Waals surface area contributed by atoms with E-state index in [4.69, 9.17) is 0 Å². The van der Waals surface area contributed by atoms with Crippen molar-refractivity contribution < 1.29 is 9.18 Å². The first-order valence-corrected chi connectivity index (χ1v) is 12.8. The summed E-state index contributed by atoms with van der Waals surface area (Å²) in [7, 11) is 0. The number of nitrogens with zero attached hydrogens (tertiary/aromatic N) is 3. The molecule has 1 aliphatic heterocycles. The largest absolute Gasteiger partial charge is 0.348 e. The van der Waals surface area contributed by atoms with Gasteiger partial charge in [0.2, 0.25) is 5.91 Å². The highest BCUT2D eigenvalue weighted by Gasteiger charge is 2.37. The summed E-state index contributed by atoms with van der Waals surface area (Å²) in [5, 5.41) is 6.69. The van der Waals surface area contributed by atoms with E-state index in [1.54, 1.807) is 6.07 Å². The molecular weight excluding hydrogens is 455 g/mol. The summed E-state index contributed by atoms with van der Waals surface area (Å²) in [6.07, 6.45) is 13.6. The molecule has 1 atom stereocenters. The fourth-order valence-electron chi connectivity index (χ4n) is 5.37. The monoisotopic (exact) mass is 484 g/mol. The number of amides is 1. The van der Waals surface area contributed by atoms with Crippen molar-refractivity contribution in [2.75, 3.05) is 13.1 Å². The van der Waals surface area contributed by atoms with E-state index >= 15 is 4.39 Å². The number of H-pyrrole nitrogens is 1. The van der Waals surface area contributed by atoms with E-state index in [2.05, 4.69) is 40.6 Å². The summed E-state index contributed by atoms with van der Waals surface area (Å²) in [4.78, 5) is 26.9. The molecule has 1 saturated carbocycles. The molecule has 3 aliphatic rings.